The summed E-state index contributed by atoms with van der Waals surface area (Å²) in [7, 11) is 0. The second kappa shape index (κ2) is 7.10. The molecule has 1 amide bonds. The fraction of sp³-hybridized carbons (Fsp3) is 0.929. The van der Waals surface area contributed by atoms with Crippen molar-refractivity contribution in [1.29, 1.82) is 0 Å². The van der Waals surface area contributed by atoms with Gasteiger partial charge in [0.05, 0.1) is 18.2 Å². The van der Waals surface area contributed by atoms with Gasteiger partial charge in [-0.2, -0.15) is 0 Å². The summed E-state index contributed by atoms with van der Waals surface area (Å²) in [6.45, 7) is 4.28. The van der Waals surface area contributed by atoms with E-state index in [-0.39, 0.29) is 12.5 Å². The van der Waals surface area contributed by atoms with Crippen molar-refractivity contribution in [2.75, 3.05) is 6.61 Å². The first kappa shape index (κ1) is 15.4. The third-order valence-electron chi connectivity index (χ3n) is 3.99. The number of aliphatic hydroxyl groups is 1. The normalized spacial score (nSPS) is 29.9. The highest BCUT2D eigenvalue weighted by Crippen LogP contribution is 2.32. The Kier molecular flexibility index (Phi) is 6.09. The van der Waals surface area contributed by atoms with Gasteiger partial charge < -0.3 is 16.2 Å². The molecule has 4 nitrogen and oxygen atoms in total. The smallest absolute Gasteiger partial charge is 0.237 e. The van der Waals surface area contributed by atoms with Crippen LogP contribution in [-0.2, 0) is 4.79 Å². The third-order valence-corrected chi connectivity index (χ3v) is 3.99. The Morgan fingerprint density at radius 1 is 1.61 bits per heavy atom. The minimum atomic E-state index is -0.439. The number of nitrogens with one attached hydrogen (secondary N) is 1. The summed E-state index contributed by atoms with van der Waals surface area (Å²) in [5.41, 5.74) is 5.44. The maximum Gasteiger partial charge on any atom is 0.237 e. The zero-order valence-corrected chi connectivity index (χ0v) is 11.7. The second-order valence-electron chi connectivity index (χ2n) is 5.88. The minimum Gasteiger partial charge on any atom is -0.394 e. The van der Waals surface area contributed by atoms with E-state index < -0.39 is 11.6 Å². The van der Waals surface area contributed by atoms with Crippen LogP contribution in [0.25, 0.3) is 0 Å². The molecule has 3 atom stereocenters. The van der Waals surface area contributed by atoms with Gasteiger partial charge in [0.15, 0.2) is 0 Å². The molecule has 1 aliphatic rings. The number of amides is 1. The molecule has 3 unspecified atom stereocenters. The largest absolute Gasteiger partial charge is 0.394 e. The Labute approximate surface area is 110 Å². The maximum absolute atomic E-state index is 12.0. The molecule has 0 bridgehead atoms. The highest BCUT2D eigenvalue weighted by Gasteiger charge is 2.36. The monoisotopic (exact) mass is 256 g/mol. The topological polar surface area (TPSA) is 75.4 Å². The fourth-order valence-electron chi connectivity index (χ4n) is 2.87. The zero-order chi connectivity index (χ0) is 13.6. The first-order valence-electron chi connectivity index (χ1n) is 7.21. The summed E-state index contributed by atoms with van der Waals surface area (Å²) in [5, 5.41) is 12.6. The highest BCUT2D eigenvalue weighted by atomic mass is 16.3. The molecule has 4 N–H and O–H groups in total. The van der Waals surface area contributed by atoms with Crippen molar-refractivity contribution < 1.29 is 9.90 Å². The molecule has 1 aliphatic carbocycles. The number of hydrogen-bond acceptors (Lipinski definition) is 3. The number of unbranched alkanes of at least 4 members (excludes halogenated alkanes) is 1. The predicted octanol–water partition coefficient (Wildman–Crippen LogP) is 1.56. The molecular weight excluding hydrogens is 228 g/mol. The van der Waals surface area contributed by atoms with Crippen LogP contribution in [0, 0.1) is 5.92 Å². The van der Waals surface area contributed by atoms with Gasteiger partial charge in [-0.25, -0.2) is 0 Å². The Morgan fingerprint density at radius 3 is 2.89 bits per heavy atom. The molecule has 0 aromatic rings. The van der Waals surface area contributed by atoms with Gasteiger partial charge in [0.2, 0.25) is 5.91 Å². The highest BCUT2D eigenvalue weighted by molar-refractivity contribution is 5.82. The van der Waals surface area contributed by atoms with E-state index in [2.05, 4.69) is 19.2 Å². The van der Waals surface area contributed by atoms with Gasteiger partial charge in [-0.3, -0.25) is 4.79 Å². The lowest BCUT2D eigenvalue weighted by atomic mass is 9.76. The lowest BCUT2D eigenvalue weighted by molar-refractivity contribution is -0.125. The molecule has 0 aromatic heterocycles. The molecule has 0 spiro atoms. The summed E-state index contributed by atoms with van der Waals surface area (Å²) in [6, 6.07) is -0.439. The second-order valence-corrected chi connectivity index (χ2v) is 5.88. The molecule has 18 heavy (non-hydrogen) atoms. The summed E-state index contributed by atoms with van der Waals surface area (Å²) < 4.78 is 0. The van der Waals surface area contributed by atoms with E-state index >= 15 is 0 Å². The van der Waals surface area contributed by atoms with Crippen molar-refractivity contribution in [2.45, 2.75) is 70.4 Å². The number of carbonyl (C=O) groups is 1. The molecular formula is C14H28N2O2. The van der Waals surface area contributed by atoms with Gasteiger partial charge in [0.25, 0.3) is 0 Å². The number of nitrogens with two attached hydrogens (primary N) is 1. The standard InChI is InChI=1S/C14H28N2O2/c1-3-4-7-12(15)13(18)16-14(10-17)8-5-6-11(2)9-14/h11-12,17H,3-10,15H2,1-2H3,(H,16,18). The number of rotatable bonds is 6. The van der Waals surface area contributed by atoms with Gasteiger partial charge in [0.1, 0.15) is 0 Å². The van der Waals surface area contributed by atoms with E-state index in [1.807, 2.05) is 0 Å². The van der Waals surface area contributed by atoms with Crippen LogP contribution >= 0.6 is 0 Å². The third kappa shape index (κ3) is 4.25. The summed E-state index contributed by atoms with van der Waals surface area (Å²) >= 11 is 0. The van der Waals surface area contributed by atoms with E-state index in [1.54, 1.807) is 0 Å². The molecule has 106 valence electrons. The number of carbonyl (C=O) groups excluding carboxylic acids is 1. The molecule has 1 saturated carbocycles. The molecule has 1 rings (SSSR count). The molecule has 4 heteroatoms. The van der Waals surface area contributed by atoms with Crippen LogP contribution in [-0.4, -0.2) is 29.2 Å². The number of hydrogen-bond donors (Lipinski definition) is 3. The van der Waals surface area contributed by atoms with Gasteiger partial charge in [-0.15, -0.1) is 0 Å². The van der Waals surface area contributed by atoms with Gasteiger partial charge in [-0.05, 0) is 25.2 Å². The Hall–Kier alpha value is -0.610. The molecule has 1 fully saturated rings. The Morgan fingerprint density at radius 2 is 2.33 bits per heavy atom. The average Bonchev–Trinajstić information content (AvgIpc) is 2.35. The van der Waals surface area contributed by atoms with Gasteiger partial charge >= 0.3 is 0 Å². The summed E-state index contributed by atoms with van der Waals surface area (Å²) in [6.07, 6.45) is 6.70. The van der Waals surface area contributed by atoms with E-state index in [1.165, 1.54) is 6.42 Å². The van der Waals surface area contributed by atoms with E-state index in [0.29, 0.717) is 5.92 Å². The van der Waals surface area contributed by atoms with Crippen molar-refractivity contribution in [1.82, 2.24) is 5.32 Å². The van der Waals surface area contributed by atoms with Crippen LogP contribution in [0.5, 0.6) is 0 Å². The van der Waals surface area contributed by atoms with Crippen molar-refractivity contribution in [3.63, 3.8) is 0 Å². The maximum atomic E-state index is 12.0. The van der Waals surface area contributed by atoms with Crippen molar-refractivity contribution in [3.05, 3.63) is 0 Å². The fourth-order valence-corrected chi connectivity index (χ4v) is 2.87. The van der Waals surface area contributed by atoms with E-state index in [4.69, 9.17) is 5.73 Å². The van der Waals surface area contributed by atoms with Crippen LogP contribution in [0.3, 0.4) is 0 Å². The van der Waals surface area contributed by atoms with Crippen LogP contribution in [0.15, 0.2) is 0 Å². The van der Waals surface area contributed by atoms with Crippen LogP contribution in [0.1, 0.15) is 58.8 Å². The SMILES string of the molecule is CCCCC(N)C(=O)NC1(CO)CCCC(C)C1. The van der Waals surface area contributed by atoms with Gasteiger partial charge in [-0.1, -0.05) is 39.5 Å². The quantitative estimate of drug-likeness (QED) is 0.675. The Bertz CT molecular complexity index is 271. The van der Waals surface area contributed by atoms with Crippen molar-refractivity contribution >= 4 is 5.91 Å². The Balaban J connectivity index is 2.53. The molecule has 0 heterocycles. The first-order chi connectivity index (χ1) is 8.53. The summed E-state index contributed by atoms with van der Waals surface area (Å²) in [5.74, 6) is 0.449. The van der Waals surface area contributed by atoms with E-state index in [9.17, 15) is 9.90 Å². The first-order valence-corrected chi connectivity index (χ1v) is 7.21. The average molecular weight is 256 g/mol. The molecule has 0 aromatic carbocycles. The number of aliphatic hydroxyl groups excluding tert-OH is 1. The zero-order valence-electron chi connectivity index (χ0n) is 11.7. The molecule has 0 saturated heterocycles. The molecule has 0 radical (unpaired) electrons. The van der Waals surface area contributed by atoms with Crippen LogP contribution < -0.4 is 11.1 Å². The molecule has 0 aliphatic heterocycles. The van der Waals surface area contributed by atoms with Crippen molar-refractivity contribution in [2.24, 2.45) is 11.7 Å². The summed E-state index contributed by atoms with van der Waals surface area (Å²) in [4.78, 5) is 12.0. The van der Waals surface area contributed by atoms with Crippen LogP contribution in [0.4, 0.5) is 0 Å². The minimum absolute atomic E-state index is 0.0174. The van der Waals surface area contributed by atoms with Crippen molar-refractivity contribution in [3.8, 4) is 0 Å². The lowest BCUT2D eigenvalue weighted by Crippen LogP contribution is -2.57. The van der Waals surface area contributed by atoms with Gasteiger partial charge in [0, 0.05) is 0 Å². The lowest BCUT2D eigenvalue weighted by Gasteiger charge is -2.40. The predicted molar refractivity (Wildman–Crippen MR) is 73.1 cm³/mol. The van der Waals surface area contributed by atoms with Crippen LogP contribution in [0.2, 0.25) is 0 Å². The van der Waals surface area contributed by atoms with E-state index in [0.717, 1.165) is 38.5 Å².